The molecule has 36 heavy (non-hydrogen) atoms. The van der Waals surface area contributed by atoms with Crippen LogP contribution in [0.2, 0.25) is 0 Å². The van der Waals surface area contributed by atoms with Gasteiger partial charge in [-0.1, -0.05) is 167 Å². The summed E-state index contributed by atoms with van der Waals surface area (Å²) < 4.78 is 20.9. The summed E-state index contributed by atoms with van der Waals surface area (Å²) in [6.45, 7) is 4.53. The van der Waals surface area contributed by atoms with Gasteiger partial charge in [-0.2, -0.15) is 0 Å². The predicted molar refractivity (Wildman–Crippen MR) is 160 cm³/mol. The predicted octanol–water partition coefficient (Wildman–Crippen LogP) is 12.8. The fraction of sp³-hybridized carbons (Fsp3) is 0.938. The molecule has 0 heterocycles. The van der Waals surface area contributed by atoms with E-state index < -0.39 is 8.25 Å². The van der Waals surface area contributed by atoms with Crippen LogP contribution in [-0.2, 0) is 13.6 Å². The van der Waals surface area contributed by atoms with E-state index >= 15 is 0 Å². The van der Waals surface area contributed by atoms with Crippen molar-refractivity contribution >= 4 is 8.25 Å². The Labute approximate surface area is 227 Å². The highest BCUT2D eigenvalue weighted by Crippen LogP contribution is 2.23. The van der Waals surface area contributed by atoms with Crippen LogP contribution in [0.15, 0.2) is 12.3 Å². The van der Waals surface area contributed by atoms with Crippen LogP contribution in [-0.4, -0.2) is 6.61 Å². The summed E-state index contributed by atoms with van der Waals surface area (Å²) in [4.78, 5) is 0. The molecule has 0 aromatic heterocycles. The molecule has 0 fully saturated rings. The van der Waals surface area contributed by atoms with Gasteiger partial charge >= 0.3 is 8.25 Å². The van der Waals surface area contributed by atoms with Gasteiger partial charge in [0.25, 0.3) is 0 Å². The summed E-state index contributed by atoms with van der Waals surface area (Å²) >= 11 is 0. The first-order chi connectivity index (χ1) is 17.8. The lowest BCUT2D eigenvalue weighted by atomic mass is 10.0. The molecule has 0 aliphatic heterocycles. The van der Waals surface area contributed by atoms with Crippen LogP contribution in [0.1, 0.15) is 187 Å². The van der Waals surface area contributed by atoms with Gasteiger partial charge in [0.1, 0.15) is 12.9 Å². The molecule has 0 spiro atoms. The molecule has 0 radical (unpaired) electrons. The van der Waals surface area contributed by atoms with Crippen molar-refractivity contribution in [3.05, 3.63) is 12.3 Å². The van der Waals surface area contributed by atoms with E-state index in [-0.39, 0.29) is 0 Å². The molecule has 0 N–H and O–H groups in total. The van der Waals surface area contributed by atoms with Crippen LogP contribution >= 0.6 is 8.25 Å². The third kappa shape index (κ3) is 31.6. The molecular weight excluding hydrogens is 463 g/mol. The van der Waals surface area contributed by atoms with Crippen molar-refractivity contribution in [2.75, 3.05) is 6.61 Å². The van der Waals surface area contributed by atoms with Crippen LogP contribution in [0.4, 0.5) is 0 Å². The summed E-state index contributed by atoms with van der Waals surface area (Å²) in [5, 5.41) is 0. The molecule has 0 aliphatic carbocycles. The topological polar surface area (TPSA) is 35.5 Å². The third-order valence-corrected chi connectivity index (χ3v) is 7.96. The average molecular weight is 528 g/mol. The zero-order valence-corrected chi connectivity index (χ0v) is 25.5. The monoisotopic (exact) mass is 527 g/mol. The van der Waals surface area contributed by atoms with Crippen molar-refractivity contribution in [2.24, 2.45) is 0 Å². The third-order valence-electron chi connectivity index (χ3n) is 7.20. The van der Waals surface area contributed by atoms with E-state index in [0.717, 1.165) is 6.42 Å². The summed E-state index contributed by atoms with van der Waals surface area (Å²) in [7, 11) is -1.97. The van der Waals surface area contributed by atoms with E-state index in [1.165, 1.54) is 173 Å². The Bertz CT molecular complexity index is 453. The van der Waals surface area contributed by atoms with Crippen LogP contribution in [0.3, 0.4) is 0 Å². The molecular formula is C32H64O3P+. The second-order valence-electron chi connectivity index (χ2n) is 10.7. The SMILES string of the molecule is CCCCCCCCCCCCCCCCCCCCCCCCCCCCC=CO[P+](=O)OCC. The zero-order valence-electron chi connectivity index (χ0n) is 24.6. The average Bonchev–Trinajstić information content (AvgIpc) is 2.88. The Morgan fingerprint density at radius 1 is 0.472 bits per heavy atom. The maximum Gasteiger partial charge on any atom is 0.749 e. The van der Waals surface area contributed by atoms with Crippen molar-refractivity contribution in [2.45, 2.75) is 187 Å². The first-order valence-electron chi connectivity index (χ1n) is 16.2. The van der Waals surface area contributed by atoms with Crippen molar-refractivity contribution in [1.82, 2.24) is 0 Å². The highest BCUT2D eigenvalue weighted by atomic mass is 31.1. The van der Waals surface area contributed by atoms with Gasteiger partial charge in [-0.15, -0.1) is 4.52 Å². The number of hydrogen-bond acceptors (Lipinski definition) is 3. The van der Waals surface area contributed by atoms with Crippen LogP contribution in [0, 0.1) is 0 Å². The lowest BCUT2D eigenvalue weighted by Gasteiger charge is -2.04. The fourth-order valence-corrected chi connectivity index (χ4v) is 5.33. The molecule has 0 saturated carbocycles. The molecule has 0 bridgehead atoms. The first kappa shape index (κ1) is 35.6. The van der Waals surface area contributed by atoms with Crippen LogP contribution in [0.25, 0.3) is 0 Å². The summed E-state index contributed by atoms with van der Waals surface area (Å²) in [6.07, 6.45) is 41.6. The normalized spacial score (nSPS) is 12.0. The van der Waals surface area contributed by atoms with Gasteiger partial charge in [0.2, 0.25) is 0 Å². The maximum atomic E-state index is 11.1. The molecule has 0 saturated heterocycles. The second-order valence-corrected chi connectivity index (χ2v) is 11.7. The van der Waals surface area contributed by atoms with Crippen molar-refractivity contribution < 1.29 is 13.6 Å². The van der Waals surface area contributed by atoms with Gasteiger partial charge in [0, 0.05) is 4.57 Å². The quantitative estimate of drug-likeness (QED) is 0.0511. The fourth-order valence-electron chi connectivity index (χ4n) is 4.87. The van der Waals surface area contributed by atoms with E-state index in [0.29, 0.717) is 6.61 Å². The smallest absolute Gasteiger partial charge is 0.238 e. The molecule has 0 rings (SSSR count). The van der Waals surface area contributed by atoms with Crippen molar-refractivity contribution in [3.8, 4) is 0 Å². The van der Waals surface area contributed by atoms with Gasteiger partial charge in [-0.05, 0) is 25.8 Å². The molecule has 0 aromatic rings. The highest BCUT2D eigenvalue weighted by Gasteiger charge is 2.16. The van der Waals surface area contributed by atoms with Crippen LogP contribution in [0.5, 0.6) is 0 Å². The summed E-state index contributed by atoms with van der Waals surface area (Å²) in [5.74, 6) is 0. The van der Waals surface area contributed by atoms with Crippen LogP contribution < -0.4 is 0 Å². The number of hydrogen-bond donors (Lipinski definition) is 0. The number of allylic oxidation sites excluding steroid dienone is 1. The van der Waals surface area contributed by atoms with Gasteiger partial charge in [-0.25, -0.2) is 4.52 Å². The van der Waals surface area contributed by atoms with Crippen molar-refractivity contribution in [1.29, 1.82) is 0 Å². The minimum Gasteiger partial charge on any atom is -0.238 e. The Balaban J connectivity index is 3.08. The molecule has 4 heteroatoms. The molecule has 0 aliphatic rings. The van der Waals surface area contributed by atoms with E-state index in [4.69, 9.17) is 9.05 Å². The molecule has 0 amide bonds. The minimum absolute atomic E-state index is 0.419. The lowest BCUT2D eigenvalue weighted by Crippen LogP contribution is -1.84. The summed E-state index contributed by atoms with van der Waals surface area (Å²) in [5.41, 5.74) is 0. The first-order valence-corrected chi connectivity index (χ1v) is 17.3. The summed E-state index contributed by atoms with van der Waals surface area (Å²) in [6, 6.07) is 0. The van der Waals surface area contributed by atoms with Gasteiger partial charge in [0.05, 0.1) is 0 Å². The van der Waals surface area contributed by atoms with Gasteiger partial charge in [-0.3, -0.25) is 0 Å². The molecule has 3 nitrogen and oxygen atoms in total. The Hall–Kier alpha value is -0.400. The highest BCUT2D eigenvalue weighted by molar-refractivity contribution is 7.33. The van der Waals surface area contributed by atoms with E-state index in [1.54, 1.807) is 0 Å². The minimum atomic E-state index is -1.97. The standard InChI is InChI=1S/C32H64O3P/c1-3-5-6-7-8-9-10-11-12-13-14-15-16-17-18-19-20-21-22-23-24-25-26-27-28-29-30-31-32-35-36(33)34-4-2/h31-32H,3-30H2,1-2H3/q+1. The largest absolute Gasteiger partial charge is 0.749 e. The second kappa shape index (κ2) is 32.6. The molecule has 0 aromatic carbocycles. The van der Waals surface area contributed by atoms with Gasteiger partial charge < -0.3 is 0 Å². The van der Waals surface area contributed by atoms with Gasteiger partial charge in [0.15, 0.2) is 0 Å². The Kier molecular flexibility index (Phi) is 32.3. The van der Waals surface area contributed by atoms with E-state index in [2.05, 4.69) is 6.92 Å². The van der Waals surface area contributed by atoms with E-state index in [1.807, 2.05) is 13.0 Å². The Morgan fingerprint density at radius 2 is 0.778 bits per heavy atom. The Morgan fingerprint density at radius 3 is 1.08 bits per heavy atom. The van der Waals surface area contributed by atoms with Crippen molar-refractivity contribution in [3.63, 3.8) is 0 Å². The number of unbranched alkanes of at least 4 members (excludes halogenated alkanes) is 26. The lowest BCUT2D eigenvalue weighted by molar-refractivity contribution is 0.285. The maximum absolute atomic E-state index is 11.1. The molecule has 1 unspecified atom stereocenters. The molecule has 1 atom stereocenters. The van der Waals surface area contributed by atoms with E-state index in [9.17, 15) is 4.57 Å². The molecule has 214 valence electrons. The zero-order chi connectivity index (χ0) is 26.2. The number of rotatable bonds is 31.